The fourth-order valence-electron chi connectivity index (χ4n) is 0.922. The molecule has 72 valence electrons. The van der Waals surface area contributed by atoms with E-state index in [4.69, 9.17) is 4.42 Å². The number of anilines is 1. The van der Waals surface area contributed by atoms with Crippen LogP contribution in [0.1, 0.15) is 12.7 Å². The SMILES string of the molecule is CCNCC(=O)Nc1ccc(C)o1. The summed E-state index contributed by atoms with van der Waals surface area (Å²) in [4.78, 5) is 11.1. The Morgan fingerprint density at radius 1 is 1.54 bits per heavy atom. The summed E-state index contributed by atoms with van der Waals surface area (Å²) in [5, 5.41) is 5.55. The molecule has 0 aromatic carbocycles. The maximum Gasteiger partial charge on any atom is 0.240 e. The van der Waals surface area contributed by atoms with E-state index in [1.165, 1.54) is 0 Å². The number of aryl methyl sites for hydroxylation is 1. The van der Waals surface area contributed by atoms with Crippen LogP contribution in [-0.2, 0) is 4.79 Å². The topological polar surface area (TPSA) is 54.3 Å². The molecule has 4 heteroatoms. The van der Waals surface area contributed by atoms with Gasteiger partial charge in [-0.15, -0.1) is 0 Å². The average Bonchev–Trinajstić information content (AvgIpc) is 2.48. The first-order valence-electron chi connectivity index (χ1n) is 4.29. The highest BCUT2D eigenvalue weighted by Crippen LogP contribution is 2.11. The summed E-state index contributed by atoms with van der Waals surface area (Å²) in [5.74, 6) is 1.20. The summed E-state index contributed by atoms with van der Waals surface area (Å²) in [5.41, 5.74) is 0. The van der Waals surface area contributed by atoms with Crippen molar-refractivity contribution in [3.63, 3.8) is 0 Å². The van der Waals surface area contributed by atoms with E-state index in [9.17, 15) is 4.79 Å². The van der Waals surface area contributed by atoms with Crippen LogP contribution >= 0.6 is 0 Å². The van der Waals surface area contributed by atoms with Crippen molar-refractivity contribution in [2.45, 2.75) is 13.8 Å². The highest BCUT2D eigenvalue weighted by atomic mass is 16.4. The summed E-state index contributed by atoms with van der Waals surface area (Å²) in [6, 6.07) is 3.54. The Balaban J connectivity index is 2.36. The molecule has 0 radical (unpaired) electrons. The third-order valence-electron chi connectivity index (χ3n) is 1.54. The summed E-state index contributed by atoms with van der Waals surface area (Å²) in [6.45, 7) is 4.88. The standard InChI is InChI=1S/C9H14N2O2/c1-3-10-6-8(12)11-9-5-4-7(2)13-9/h4-5,10H,3,6H2,1-2H3,(H,11,12). The molecular formula is C9H14N2O2. The molecule has 0 atom stereocenters. The van der Waals surface area contributed by atoms with Gasteiger partial charge in [0.25, 0.3) is 0 Å². The third-order valence-corrected chi connectivity index (χ3v) is 1.54. The van der Waals surface area contributed by atoms with Crippen molar-refractivity contribution in [1.29, 1.82) is 0 Å². The van der Waals surface area contributed by atoms with Crippen molar-refractivity contribution >= 4 is 11.8 Å². The fourth-order valence-corrected chi connectivity index (χ4v) is 0.922. The van der Waals surface area contributed by atoms with Crippen LogP contribution in [0, 0.1) is 6.92 Å². The van der Waals surface area contributed by atoms with Crippen LogP contribution in [0.15, 0.2) is 16.5 Å². The van der Waals surface area contributed by atoms with E-state index in [0.29, 0.717) is 12.4 Å². The lowest BCUT2D eigenvalue weighted by Crippen LogP contribution is -2.27. The van der Waals surface area contributed by atoms with Gasteiger partial charge < -0.3 is 9.73 Å². The van der Waals surface area contributed by atoms with Crippen molar-refractivity contribution in [3.8, 4) is 0 Å². The molecule has 0 unspecified atom stereocenters. The van der Waals surface area contributed by atoms with Gasteiger partial charge in [0.1, 0.15) is 5.76 Å². The number of carbonyl (C=O) groups is 1. The first-order chi connectivity index (χ1) is 6.22. The van der Waals surface area contributed by atoms with E-state index < -0.39 is 0 Å². The van der Waals surface area contributed by atoms with Crippen molar-refractivity contribution in [2.75, 3.05) is 18.4 Å². The van der Waals surface area contributed by atoms with Gasteiger partial charge in [-0.3, -0.25) is 10.1 Å². The number of carbonyl (C=O) groups excluding carboxylic acids is 1. The molecular weight excluding hydrogens is 168 g/mol. The summed E-state index contributed by atoms with van der Waals surface area (Å²) >= 11 is 0. The molecule has 4 nitrogen and oxygen atoms in total. The molecule has 1 aromatic heterocycles. The van der Waals surface area contributed by atoms with E-state index in [0.717, 1.165) is 12.3 Å². The van der Waals surface area contributed by atoms with Gasteiger partial charge in [0.05, 0.1) is 6.54 Å². The second-order valence-electron chi connectivity index (χ2n) is 2.74. The minimum absolute atomic E-state index is 0.0869. The Kier molecular flexibility index (Phi) is 3.52. The smallest absolute Gasteiger partial charge is 0.240 e. The monoisotopic (exact) mass is 182 g/mol. The van der Waals surface area contributed by atoms with Crippen molar-refractivity contribution < 1.29 is 9.21 Å². The highest BCUT2D eigenvalue weighted by Gasteiger charge is 2.03. The molecule has 13 heavy (non-hydrogen) atoms. The van der Waals surface area contributed by atoms with E-state index in [1.807, 2.05) is 19.9 Å². The lowest BCUT2D eigenvalue weighted by molar-refractivity contribution is -0.115. The van der Waals surface area contributed by atoms with E-state index >= 15 is 0 Å². The van der Waals surface area contributed by atoms with Crippen molar-refractivity contribution in [2.24, 2.45) is 0 Å². The molecule has 1 amide bonds. The van der Waals surface area contributed by atoms with Crippen molar-refractivity contribution in [1.82, 2.24) is 5.32 Å². The number of rotatable bonds is 4. The molecule has 2 N–H and O–H groups in total. The van der Waals surface area contributed by atoms with Gasteiger partial charge in [0.15, 0.2) is 5.88 Å². The Labute approximate surface area is 77.3 Å². The van der Waals surface area contributed by atoms with Crippen LogP contribution in [0.2, 0.25) is 0 Å². The summed E-state index contributed by atoms with van der Waals surface area (Å²) in [7, 11) is 0. The predicted molar refractivity (Wildman–Crippen MR) is 50.6 cm³/mol. The van der Waals surface area contributed by atoms with Gasteiger partial charge >= 0.3 is 0 Å². The zero-order valence-corrected chi connectivity index (χ0v) is 7.89. The molecule has 0 aliphatic heterocycles. The first-order valence-corrected chi connectivity index (χ1v) is 4.29. The Morgan fingerprint density at radius 3 is 2.85 bits per heavy atom. The minimum atomic E-state index is -0.0869. The number of furan rings is 1. The third kappa shape index (κ3) is 3.29. The lowest BCUT2D eigenvalue weighted by Gasteiger charge is -2.01. The maximum atomic E-state index is 11.1. The zero-order valence-electron chi connectivity index (χ0n) is 7.89. The minimum Gasteiger partial charge on any atom is -0.446 e. The number of hydrogen-bond donors (Lipinski definition) is 2. The fraction of sp³-hybridized carbons (Fsp3) is 0.444. The molecule has 0 bridgehead atoms. The van der Waals surface area contributed by atoms with Gasteiger partial charge in [0.2, 0.25) is 5.91 Å². The van der Waals surface area contributed by atoms with Crippen molar-refractivity contribution in [3.05, 3.63) is 17.9 Å². The van der Waals surface area contributed by atoms with Gasteiger partial charge in [-0.2, -0.15) is 0 Å². The molecule has 0 fully saturated rings. The Bertz CT molecular complexity index is 281. The van der Waals surface area contributed by atoms with Gasteiger partial charge in [-0.25, -0.2) is 0 Å². The van der Waals surface area contributed by atoms with Crippen LogP contribution in [0.4, 0.5) is 5.88 Å². The average molecular weight is 182 g/mol. The second-order valence-corrected chi connectivity index (χ2v) is 2.74. The number of hydrogen-bond acceptors (Lipinski definition) is 3. The van der Waals surface area contributed by atoms with Gasteiger partial charge in [-0.05, 0) is 19.5 Å². The molecule has 1 heterocycles. The lowest BCUT2D eigenvalue weighted by atomic mass is 10.5. The number of amides is 1. The quantitative estimate of drug-likeness (QED) is 0.734. The molecule has 1 rings (SSSR count). The zero-order chi connectivity index (χ0) is 9.68. The van der Waals surface area contributed by atoms with Crippen LogP contribution in [0.25, 0.3) is 0 Å². The summed E-state index contributed by atoms with van der Waals surface area (Å²) in [6.07, 6.45) is 0. The molecule has 0 aliphatic rings. The number of nitrogens with one attached hydrogen (secondary N) is 2. The van der Waals surface area contributed by atoms with E-state index in [2.05, 4.69) is 10.6 Å². The highest BCUT2D eigenvalue weighted by molar-refractivity contribution is 5.90. The largest absolute Gasteiger partial charge is 0.446 e. The molecule has 1 aromatic rings. The molecule has 0 saturated heterocycles. The van der Waals surface area contributed by atoms with Crippen LogP contribution in [-0.4, -0.2) is 19.0 Å². The summed E-state index contributed by atoms with van der Waals surface area (Å²) < 4.78 is 5.17. The van der Waals surface area contributed by atoms with Crippen LogP contribution in [0.3, 0.4) is 0 Å². The Hall–Kier alpha value is -1.29. The van der Waals surface area contributed by atoms with E-state index in [1.54, 1.807) is 6.07 Å². The molecule has 0 saturated carbocycles. The predicted octanol–water partition coefficient (Wildman–Crippen LogP) is 1.14. The number of likely N-dealkylation sites (N-methyl/N-ethyl adjacent to an activating group) is 1. The van der Waals surface area contributed by atoms with Crippen LogP contribution in [0.5, 0.6) is 0 Å². The normalized spacial score (nSPS) is 10.0. The van der Waals surface area contributed by atoms with Crippen LogP contribution < -0.4 is 10.6 Å². The van der Waals surface area contributed by atoms with Gasteiger partial charge in [-0.1, -0.05) is 6.92 Å². The molecule has 0 aliphatic carbocycles. The Morgan fingerprint density at radius 2 is 2.31 bits per heavy atom. The first kappa shape index (κ1) is 9.80. The molecule has 0 spiro atoms. The van der Waals surface area contributed by atoms with E-state index in [-0.39, 0.29) is 5.91 Å². The maximum absolute atomic E-state index is 11.1. The van der Waals surface area contributed by atoms with Gasteiger partial charge in [0, 0.05) is 6.07 Å². The second kappa shape index (κ2) is 4.67.